The van der Waals surface area contributed by atoms with Crippen molar-refractivity contribution in [2.24, 2.45) is 5.92 Å². The van der Waals surface area contributed by atoms with Crippen LogP contribution in [0.25, 0.3) is 0 Å². The molecule has 0 spiro atoms. The predicted octanol–water partition coefficient (Wildman–Crippen LogP) is 3.06. The van der Waals surface area contributed by atoms with Crippen molar-refractivity contribution in [3.05, 3.63) is 28.2 Å². The largest absolute Gasteiger partial charge is 0.368 e. The molecule has 1 saturated heterocycles. The van der Waals surface area contributed by atoms with Gasteiger partial charge in [-0.2, -0.15) is 0 Å². The molecule has 19 heavy (non-hydrogen) atoms. The maximum absolute atomic E-state index is 11.9. The molecule has 0 saturated carbocycles. The molecule has 1 fully saturated rings. The molecule has 104 valence electrons. The van der Waals surface area contributed by atoms with Gasteiger partial charge in [-0.05, 0) is 30.7 Å². The van der Waals surface area contributed by atoms with Crippen molar-refractivity contribution in [1.82, 2.24) is 4.90 Å². The van der Waals surface area contributed by atoms with E-state index in [0.717, 1.165) is 30.7 Å². The summed E-state index contributed by atoms with van der Waals surface area (Å²) in [6.45, 7) is 9.52. The lowest BCUT2D eigenvalue weighted by Gasteiger charge is -2.37. The minimum absolute atomic E-state index is 0.0986. The Morgan fingerprint density at radius 3 is 2.37 bits per heavy atom. The maximum Gasteiger partial charge on any atom is 0.225 e. The summed E-state index contributed by atoms with van der Waals surface area (Å²) in [4.78, 5) is 16.3. The highest BCUT2D eigenvalue weighted by atomic mass is 79.9. The Morgan fingerprint density at radius 2 is 1.84 bits per heavy atom. The first kappa shape index (κ1) is 14.4. The van der Waals surface area contributed by atoms with Crippen LogP contribution in [0, 0.1) is 12.8 Å². The summed E-state index contributed by atoms with van der Waals surface area (Å²) in [6, 6.07) is 6.43. The highest BCUT2D eigenvalue weighted by Gasteiger charge is 2.22. The van der Waals surface area contributed by atoms with E-state index in [-0.39, 0.29) is 11.8 Å². The fourth-order valence-corrected chi connectivity index (χ4v) is 2.62. The van der Waals surface area contributed by atoms with Crippen LogP contribution in [-0.4, -0.2) is 37.0 Å². The van der Waals surface area contributed by atoms with Gasteiger partial charge in [0.25, 0.3) is 0 Å². The smallest absolute Gasteiger partial charge is 0.225 e. The van der Waals surface area contributed by atoms with E-state index < -0.39 is 0 Å². The zero-order valence-electron chi connectivity index (χ0n) is 11.8. The number of aryl methyl sites for hydroxylation is 1. The Morgan fingerprint density at radius 1 is 1.21 bits per heavy atom. The second-order valence-corrected chi connectivity index (χ2v) is 6.25. The minimum atomic E-state index is 0.0986. The molecule has 4 heteroatoms. The molecule has 0 N–H and O–H groups in total. The number of nitrogens with zero attached hydrogens (tertiary/aromatic N) is 2. The number of anilines is 1. The molecule has 0 radical (unpaired) electrons. The van der Waals surface area contributed by atoms with Crippen LogP contribution < -0.4 is 4.90 Å². The topological polar surface area (TPSA) is 23.6 Å². The fourth-order valence-electron chi connectivity index (χ4n) is 2.38. The van der Waals surface area contributed by atoms with Crippen LogP contribution in [0.4, 0.5) is 5.69 Å². The Kier molecular flexibility index (Phi) is 4.50. The molecule has 0 bridgehead atoms. The van der Waals surface area contributed by atoms with E-state index in [1.54, 1.807) is 0 Å². The SMILES string of the molecule is Cc1cc(N2CCN(C(=O)C(C)C)CC2)ccc1Br. The summed E-state index contributed by atoms with van der Waals surface area (Å²) in [6.07, 6.45) is 0. The summed E-state index contributed by atoms with van der Waals surface area (Å²) in [5.41, 5.74) is 2.50. The van der Waals surface area contributed by atoms with Crippen LogP contribution in [0.15, 0.2) is 22.7 Å². The monoisotopic (exact) mass is 324 g/mol. The Balaban J connectivity index is 2.00. The normalized spacial score (nSPS) is 16.1. The molecule has 0 aliphatic carbocycles. The maximum atomic E-state index is 11.9. The van der Waals surface area contributed by atoms with E-state index in [1.807, 2.05) is 18.7 Å². The highest BCUT2D eigenvalue weighted by Crippen LogP contribution is 2.24. The quantitative estimate of drug-likeness (QED) is 0.834. The molecule has 1 aliphatic heterocycles. The molecular formula is C15H21BrN2O. The minimum Gasteiger partial charge on any atom is -0.368 e. The predicted molar refractivity (Wildman–Crippen MR) is 82.5 cm³/mol. The van der Waals surface area contributed by atoms with E-state index >= 15 is 0 Å². The number of carbonyl (C=O) groups excluding carboxylic acids is 1. The molecule has 2 rings (SSSR count). The second kappa shape index (κ2) is 5.95. The molecule has 1 amide bonds. The van der Waals surface area contributed by atoms with Gasteiger partial charge in [-0.25, -0.2) is 0 Å². The number of piperazine rings is 1. The van der Waals surface area contributed by atoms with Gasteiger partial charge >= 0.3 is 0 Å². The number of hydrogen-bond acceptors (Lipinski definition) is 2. The average molecular weight is 325 g/mol. The van der Waals surface area contributed by atoms with Crippen molar-refractivity contribution in [1.29, 1.82) is 0 Å². The van der Waals surface area contributed by atoms with Crippen LogP contribution in [0.5, 0.6) is 0 Å². The van der Waals surface area contributed by atoms with Crippen molar-refractivity contribution < 1.29 is 4.79 Å². The van der Waals surface area contributed by atoms with Gasteiger partial charge in [0.2, 0.25) is 5.91 Å². The van der Waals surface area contributed by atoms with E-state index in [9.17, 15) is 4.79 Å². The summed E-state index contributed by atoms with van der Waals surface area (Å²) in [7, 11) is 0. The third kappa shape index (κ3) is 3.30. The van der Waals surface area contributed by atoms with Crippen LogP contribution in [0.1, 0.15) is 19.4 Å². The molecule has 3 nitrogen and oxygen atoms in total. The number of halogens is 1. The molecule has 1 heterocycles. The Bertz CT molecular complexity index is 465. The van der Waals surface area contributed by atoms with Crippen molar-refractivity contribution in [3.63, 3.8) is 0 Å². The molecule has 0 unspecified atom stereocenters. The van der Waals surface area contributed by atoms with E-state index in [0.29, 0.717) is 0 Å². The number of amides is 1. The Hall–Kier alpha value is -1.03. The van der Waals surface area contributed by atoms with Gasteiger partial charge in [0, 0.05) is 42.3 Å². The lowest BCUT2D eigenvalue weighted by molar-refractivity contribution is -0.134. The average Bonchev–Trinajstić information content (AvgIpc) is 2.41. The first-order valence-electron chi connectivity index (χ1n) is 6.79. The van der Waals surface area contributed by atoms with Gasteiger partial charge < -0.3 is 9.80 Å². The summed E-state index contributed by atoms with van der Waals surface area (Å²) in [5, 5.41) is 0. The number of hydrogen-bond donors (Lipinski definition) is 0. The molecular weight excluding hydrogens is 304 g/mol. The zero-order valence-corrected chi connectivity index (χ0v) is 13.4. The van der Waals surface area contributed by atoms with Gasteiger partial charge in [-0.3, -0.25) is 4.79 Å². The van der Waals surface area contributed by atoms with Crippen LogP contribution >= 0.6 is 15.9 Å². The van der Waals surface area contributed by atoms with Gasteiger partial charge in [0.1, 0.15) is 0 Å². The van der Waals surface area contributed by atoms with E-state index in [2.05, 4.69) is 46.0 Å². The summed E-state index contributed by atoms with van der Waals surface area (Å²) in [5.74, 6) is 0.369. The van der Waals surface area contributed by atoms with Crippen molar-refractivity contribution in [2.45, 2.75) is 20.8 Å². The number of carbonyl (C=O) groups is 1. The standard InChI is InChI=1S/C15H21BrN2O/c1-11(2)15(19)18-8-6-17(7-9-18)13-4-5-14(16)12(3)10-13/h4-5,10-11H,6-9H2,1-3H3. The summed E-state index contributed by atoms with van der Waals surface area (Å²) < 4.78 is 1.14. The lowest BCUT2D eigenvalue weighted by atomic mass is 10.1. The first-order chi connectivity index (χ1) is 8.99. The molecule has 1 aromatic carbocycles. The van der Waals surface area contributed by atoms with Crippen LogP contribution in [0.2, 0.25) is 0 Å². The fraction of sp³-hybridized carbons (Fsp3) is 0.533. The van der Waals surface area contributed by atoms with Gasteiger partial charge in [-0.1, -0.05) is 29.8 Å². The first-order valence-corrected chi connectivity index (χ1v) is 7.58. The molecule has 0 atom stereocenters. The van der Waals surface area contributed by atoms with Crippen molar-refractivity contribution in [2.75, 3.05) is 31.1 Å². The third-order valence-corrected chi connectivity index (χ3v) is 4.48. The van der Waals surface area contributed by atoms with Gasteiger partial charge in [0.05, 0.1) is 0 Å². The van der Waals surface area contributed by atoms with Gasteiger partial charge in [-0.15, -0.1) is 0 Å². The lowest BCUT2D eigenvalue weighted by Crippen LogP contribution is -2.49. The second-order valence-electron chi connectivity index (χ2n) is 5.40. The zero-order chi connectivity index (χ0) is 14.0. The van der Waals surface area contributed by atoms with Crippen LogP contribution in [-0.2, 0) is 4.79 Å². The number of rotatable bonds is 2. The van der Waals surface area contributed by atoms with E-state index in [4.69, 9.17) is 0 Å². The molecule has 1 aromatic rings. The number of benzene rings is 1. The van der Waals surface area contributed by atoms with Gasteiger partial charge in [0.15, 0.2) is 0 Å². The third-order valence-electron chi connectivity index (χ3n) is 3.59. The summed E-state index contributed by atoms with van der Waals surface area (Å²) >= 11 is 3.53. The molecule has 0 aromatic heterocycles. The Labute approximate surface area is 123 Å². The van der Waals surface area contributed by atoms with E-state index in [1.165, 1.54) is 11.3 Å². The molecule has 1 aliphatic rings. The van der Waals surface area contributed by atoms with Crippen LogP contribution in [0.3, 0.4) is 0 Å². The highest BCUT2D eigenvalue weighted by molar-refractivity contribution is 9.10. The van der Waals surface area contributed by atoms with Crippen molar-refractivity contribution in [3.8, 4) is 0 Å². The van der Waals surface area contributed by atoms with Crippen molar-refractivity contribution >= 4 is 27.5 Å².